The van der Waals surface area contributed by atoms with Crippen molar-refractivity contribution in [3.05, 3.63) is 85.7 Å². The second kappa shape index (κ2) is 7.51. The third-order valence-corrected chi connectivity index (χ3v) is 4.98. The van der Waals surface area contributed by atoms with E-state index in [2.05, 4.69) is 28.0 Å². The van der Waals surface area contributed by atoms with E-state index in [1.54, 1.807) is 42.5 Å². The molecule has 8 nitrogen and oxygen atoms in total. The Labute approximate surface area is 178 Å². The molecular formula is C20H12IN3O5. The topological polar surface area (TPSA) is 106 Å². The van der Waals surface area contributed by atoms with E-state index in [0.29, 0.717) is 11.3 Å². The van der Waals surface area contributed by atoms with Crippen LogP contribution in [0.2, 0.25) is 0 Å². The van der Waals surface area contributed by atoms with Crippen LogP contribution in [0.1, 0.15) is 5.76 Å². The van der Waals surface area contributed by atoms with Crippen molar-refractivity contribution in [1.29, 1.82) is 0 Å². The highest BCUT2D eigenvalue weighted by molar-refractivity contribution is 14.1. The Balaban J connectivity index is 1.64. The lowest BCUT2D eigenvalue weighted by atomic mass is 10.1. The summed E-state index contributed by atoms with van der Waals surface area (Å²) in [6, 6.07) is 16.4. The molecular weight excluding hydrogens is 489 g/mol. The van der Waals surface area contributed by atoms with Gasteiger partial charge in [-0.15, -0.1) is 0 Å². The van der Waals surface area contributed by atoms with Crippen LogP contribution < -0.4 is 10.4 Å². The zero-order valence-corrected chi connectivity index (χ0v) is 16.8. The van der Waals surface area contributed by atoms with Crippen molar-refractivity contribution in [3.8, 4) is 11.3 Å². The molecule has 1 aromatic heterocycles. The predicted molar refractivity (Wildman–Crippen MR) is 114 cm³/mol. The molecule has 0 unspecified atom stereocenters. The molecule has 0 aliphatic carbocycles. The summed E-state index contributed by atoms with van der Waals surface area (Å²) < 4.78 is 6.64. The number of rotatable bonds is 4. The average molecular weight is 501 g/mol. The maximum absolute atomic E-state index is 12.7. The van der Waals surface area contributed by atoms with Crippen molar-refractivity contribution < 1.29 is 18.9 Å². The van der Waals surface area contributed by atoms with Crippen LogP contribution in [-0.2, 0) is 9.59 Å². The number of carbonyl (C=O) groups is 2. The quantitative estimate of drug-likeness (QED) is 0.192. The zero-order chi connectivity index (χ0) is 20.5. The van der Waals surface area contributed by atoms with Gasteiger partial charge >= 0.3 is 0 Å². The van der Waals surface area contributed by atoms with Crippen LogP contribution in [0.5, 0.6) is 0 Å². The van der Waals surface area contributed by atoms with Crippen LogP contribution >= 0.6 is 22.6 Å². The van der Waals surface area contributed by atoms with E-state index in [1.807, 2.05) is 12.1 Å². The number of benzene rings is 2. The summed E-state index contributed by atoms with van der Waals surface area (Å²) in [6.45, 7) is 0. The van der Waals surface area contributed by atoms with Gasteiger partial charge in [0.1, 0.15) is 17.1 Å². The molecule has 1 aliphatic heterocycles. The average Bonchev–Trinajstić information content (AvgIpc) is 3.29. The van der Waals surface area contributed by atoms with Gasteiger partial charge in [-0.3, -0.25) is 25.1 Å². The maximum Gasteiger partial charge on any atom is 0.282 e. The third kappa shape index (κ3) is 3.63. The van der Waals surface area contributed by atoms with Crippen LogP contribution in [-0.4, -0.2) is 16.7 Å². The van der Waals surface area contributed by atoms with Crippen LogP contribution in [0.4, 0.5) is 11.4 Å². The van der Waals surface area contributed by atoms with Gasteiger partial charge in [0, 0.05) is 9.64 Å². The number of hydrogen-bond donors (Lipinski definition) is 1. The smallest absolute Gasteiger partial charge is 0.282 e. The minimum Gasteiger partial charge on any atom is -0.456 e. The number of halogens is 1. The van der Waals surface area contributed by atoms with Crippen LogP contribution in [0, 0.1) is 13.7 Å². The molecule has 1 fully saturated rings. The van der Waals surface area contributed by atoms with Crippen LogP contribution in [0.3, 0.4) is 0 Å². The summed E-state index contributed by atoms with van der Waals surface area (Å²) in [6.07, 6.45) is 1.32. The number of furan rings is 1. The highest BCUT2D eigenvalue weighted by Gasteiger charge is 2.34. The van der Waals surface area contributed by atoms with Crippen molar-refractivity contribution in [2.45, 2.75) is 0 Å². The molecule has 2 aromatic carbocycles. The zero-order valence-electron chi connectivity index (χ0n) is 14.7. The van der Waals surface area contributed by atoms with E-state index in [9.17, 15) is 19.7 Å². The van der Waals surface area contributed by atoms with Gasteiger partial charge in [0.15, 0.2) is 0 Å². The first-order chi connectivity index (χ1) is 13.9. The number of nitrogens with zero attached hydrogens (tertiary/aromatic N) is 2. The van der Waals surface area contributed by atoms with Crippen molar-refractivity contribution in [3.63, 3.8) is 0 Å². The Morgan fingerprint density at radius 3 is 2.48 bits per heavy atom. The monoisotopic (exact) mass is 501 g/mol. The van der Waals surface area contributed by atoms with Gasteiger partial charge in [-0.25, -0.2) is 5.01 Å². The molecule has 0 spiro atoms. The minimum absolute atomic E-state index is 0.0907. The first-order valence-corrected chi connectivity index (χ1v) is 9.48. The van der Waals surface area contributed by atoms with Gasteiger partial charge in [0.25, 0.3) is 17.5 Å². The predicted octanol–water partition coefficient (Wildman–Crippen LogP) is 3.92. The molecule has 1 saturated heterocycles. The third-order valence-electron chi connectivity index (χ3n) is 4.26. The first-order valence-electron chi connectivity index (χ1n) is 8.40. The standard InChI is InChI=1S/C20H12IN3O5/c21-12-5-7-13(8-6-12)23-20(26)16(19(25)22-23)11-14-9-10-18(29-14)15-3-1-2-4-17(15)24(27)28/h1-11H,(H,22,25)/b16-11-. The number of amides is 2. The highest BCUT2D eigenvalue weighted by atomic mass is 127. The lowest BCUT2D eigenvalue weighted by Gasteiger charge is -2.14. The number of anilines is 1. The Hall–Kier alpha value is -3.47. The summed E-state index contributed by atoms with van der Waals surface area (Å²) in [5, 5.41) is 12.4. The van der Waals surface area contributed by atoms with E-state index < -0.39 is 16.7 Å². The summed E-state index contributed by atoms with van der Waals surface area (Å²) >= 11 is 2.14. The molecule has 0 radical (unpaired) electrons. The maximum atomic E-state index is 12.7. The summed E-state index contributed by atoms with van der Waals surface area (Å²) in [5.41, 5.74) is 3.17. The second-order valence-electron chi connectivity index (χ2n) is 6.09. The van der Waals surface area contributed by atoms with E-state index in [4.69, 9.17) is 4.42 Å². The summed E-state index contributed by atoms with van der Waals surface area (Å²) in [7, 11) is 0. The van der Waals surface area contributed by atoms with E-state index in [0.717, 1.165) is 8.58 Å². The fourth-order valence-electron chi connectivity index (χ4n) is 2.89. The van der Waals surface area contributed by atoms with E-state index in [-0.39, 0.29) is 22.8 Å². The number of para-hydroxylation sites is 1. The molecule has 0 bridgehead atoms. The van der Waals surface area contributed by atoms with E-state index >= 15 is 0 Å². The molecule has 1 aliphatic rings. The fourth-order valence-corrected chi connectivity index (χ4v) is 3.25. The minimum atomic E-state index is -0.558. The van der Waals surface area contributed by atoms with Gasteiger partial charge in [0.05, 0.1) is 16.2 Å². The Bertz CT molecular complexity index is 1170. The number of nitrogens with one attached hydrogen (secondary N) is 1. The highest BCUT2D eigenvalue weighted by Crippen LogP contribution is 2.32. The molecule has 2 amide bonds. The lowest BCUT2D eigenvalue weighted by molar-refractivity contribution is -0.384. The second-order valence-corrected chi connectivity index (χ2v) is 7.34. The largest absolute Gasteiger partial charge is 0.456 e. The Morgan fingerprint density at radius 1 is 1.03 bits per heavy atom. The first kappa shape index (κ1) is 18.9. The van der Waals surface area contributed by atoms with Crippen molar-refractivity contribution in [2.75, 3.05) is 5.01 Å². The van der Waals surface area contributed by atoms with Gasteiger partial charge in [-0.2, -0.15) is 0 Å². The Kier molecular flexibility index (Phi) is 4.89. The van der Waals surface area contributed by atoms with Crippen molar-refractivity contribution in [1.82, 2.24) is 5.43 Å². The Morgan fingerprint density at radius 2 is 1.76 bits per heavy atom. The molecule has 0 saturated carbocycles. The number of hydrazine groups is 1. The SMILES string of the molecule is O=C1NN(c2ccc(I)cc2)C(=O)/C1=C\c1ccc(-c2ccccc2[N+](=O)[O-])o1. The van der Waals surface area contributed by atoms with Gasteiger partial charge in [0.2, 0.25) is 0 Å². The van der Waals surface area contributed by atoms with E-state index in [1.165, 1.54) is 12.1 Å². The molecule has 0 atom stereocenters. The number of hydrogen-bond acceptors (Lipinski definition) is 5. The molecule has 144 valence electrons. The number of nitro groups is 1. The van der Waals surface area contributed by atoms with Gasteiger partial charge in [-0.05, 0) is 71.1 Å². The van der Waals surface area contributed by atoms with Crippen LogP contribution in [0.15, 0.2) is 70.7 Å². The van der Waals surface area contributed by atoms with Gasteiger partial charge in [-0.1, -0.05) is 12.1 Å². The van der Waals surface area contributed by atoms with Crippen molar-refractivity contribution in [2.24, 2.45) is 0 Å². The summed E-state index contributed by atoms with van der Waals surface area (Å²) in [5.74, 6) is -0.567. The van der Waals surface area contributed by atoms with Crippen molar-refractivity contribution >= 4 is 51.9 Å². The fraction of sp³-hybridized carbons (Fsp3) is 0. The normalized spacial score (nSPS) is 15.1. The molecule has 9 heteroatoms. The van der Waals surface area contributed by atoms with Gasteiger partial charge < -0.3 is 4.42 Å². The van der Waals surface area contributed by atoms with Crippen LogP contribution in [0.25, 0.3) is 17.4 Å². The lowest BCUT2D eigenvalue weighted by Crippen LogP contribution is -2.35. The summed E-state index contributed by atoms with van der Waals surface area (Å²) in [4.78, 5) is 35.7. The molecule has 3 aromatic rings. The molecule has 2 heterocycles. The molecule has 29 heavy (non-hydrogen) atoms. The number of nitro benzene ring substituents is 1. The number of carbonyl (C=O) groups excluding carboxylic acids is 2. The molecule has 4 rings (SSSR count). The molecule has 1 N–H and O–H groups in total.